The highest BCUT2D eigenvalue weighted by atomic mass is 79.9. The second kappa shape index (κ2) is 10.7. The zero-order valence-corrected chi connectivity index (χ0v) is 20.6. The molecular formula is C27H25BrN2O5. The Balaban J connectivity index is 1.33. The van der Waals surface area contributed by atoms with Gasteiger partial charge >= 0.3 is 12.1 Å². The van der Waals surface area contributed by atoms with Gasteiger partial charge in [-0.25, -0.2) is 9.59 Å². The molecule has 3 aromatic carbocycles. The third-order valence-corrected chi connectivity index (χ3v) is 6.57. The van der Waals surface area contributed by atoms with Gasteiger partial charge in [-0.2, -0.15) is 0 Å². The number of fused-ring (bicyclic) bond motifs is 3. The average Bonchev–Trinajstić information content (AvgIpc) is 3.17. The number of nitrogens with one attached hydrogen (secondary N) is 2. The van der Waals surface area contributed by atoms with Crippen LogP contribution in [0.3, 0.4) is 0 Å². The molecule has 0 aliphatic heterocycles. The minimum absolute atomic E-state index is 0.0976. The van der Waals surface area contributed by atoms with Gasteiger partial charge in [0, 0.05) is 16.8 Å². The minimum atomic E-state index is -1.16. The van der Waals surface area contributed by atoms with Crippen molar-refractivity contribution in [3.63, 3.8) is 0 Å². The summed E-state index contributed by atoms with van der Waals surface area (Å²) in [7, 11) is 0. The Bertz CT molecular complexity index is 1200. The van der Waals surface area contributed by atoms with Crippen molar-refractivity contribution in [3.05, 3.63) is 94.0 Å². The van der Waals surface area contributed by atoms with Gasteiger partial charge in [0.15, 0.2) is 0 Å². The van der Waals surface area contributed by atoms with Gasteiger partial charge in [0.2, 0.25) is 5.91 Å². The molecule has 0 aromatic heterocycles. The Morgan fingerprint density at radius 2 is 1.49 bits per heavy atom. The van der Waals surface area contributed by atoms with Gasteiger partial charge < -0.3 is 20.5 Å². The van der Waals surface area contributed by atoms with Gasteiger partial charge in [0.25, 0.3) is 0 Å². The maximum atomic E-state index is 12.6. The molecule has 0 heterocycles. The second-order valence-electron chi connectivity index (χ2n) is 8.42. The van der Waals surface area contributed by atoms with Crippen molar-refractivity contribution in [1.82, 2.24) is 10.6 Å². The highest BCUT2D eigenvalue weighted by Crippen LogP contribution is 2.44. The lowest BCUT2D eigenvalue weighted by Gasteiger charge is -2.19. The number of ether oxygens (including phenoxy) is 1. The number of hydrogen-bond donors (Lipinski definition) is 3. The fourth-order valence-electron chi connectivity index (χ4n) is 4.24. The third-order valence-electron chi connectivity index (χ3n) is 6.04. The maximum absolute atomic E-state index is 12.6. The SMILES string of the molecule is C[C@H](NC(=O)OCC1c2ccccc2-c2ccccc21)C(=O)N[C@H](Cc1ccc(Br)cc1)C(=O)O. The zero-order valence-electron chi connectivity index (χ0n) is 19.0. The molecule has 180 valence electrons. The van der Waals surface area contributed by atoms with E-state index in [1.54, 1.807) is 24.3 Å². The van der Waals surface area contributed by atoms with Gasteiger partial charge in [0.1, 0.15) is 18.7 Å². The first kappa shape index (κ1) is 24.5. The predicted molar refractivity (Wildman–Crippen MR) is 135 cm³/mol. The number of carboxylic acids is 1. The molecule has 1 aliphatic rings. The molecule has 3 N–H and O–H groups in total. The van der Waals surface area contributed by atoms with Crippen LogP contribution in [-0.2, 0) is 20.7 Å². The predicted octanol–water partition coefficient (Wildman–Crippen LogP) is 4.49. The molecule has 0 fully saturated rings. The van der Waals surface area contributed by atoms with Gasteiger partial charge in [0.05, 0.1) is 0 Å². The van der Waals surface area contributed by atoms with Crippen molar-refractivity contribution in [2.75, 3.05) is 6.61 Å². The van der Waals surface area contributed by atoms with Gasteiger partial charge in [-0.05, 0) is 46.9 Å². The summed E-state index contributed by atoms with van der Waals surface area (Å²) in [5.74, 6) is -1.86. The van der Waals surface area contributed by atoms with E-state index in [0.29, 0.717) is 0 Å². The number of rotatable bonds is 8. The Labute approximate surface area is 211 Å². The standard InChI is InChI=1S/C27H25BrN2O5/c1-16(25(31)30-24(26(32)33)14-17-10-12-18(28)13-11-17)29-27(34)35-15-23-21-8-4-2-6-19(21)20-7-3-5-9-22(20)23/h2-13,16,23-24H,14-15H2,1H3,(H,29,34)(H,30,31)(H,32,33)/t16-,24+/m0/s1. The van der Waals surface area contributed by atoms with Crippen LogP contribution in [0.25, 0.3) is 11.1 Å². The molecule has 3 aromatic rings. The minimum Gasteiger partial charge on any atom is -0.480 e. The second-order valence-corrected chi connectivity index (χ2v) is 9.34. The summed E-state index contributed by atoms with van der Waals surface area (Å²) in [6.45, 7) is 1.60. The summed E-state index contributed by atoms with van der Waals surface area (Å²) in [5.41, 5.74) is 5.18. The monoisotopic (exact) mass is 536 g/mol. The molecule has 1 aliphatic carbocycles. The van der Waals surface area contributed by atoms with E-state index in [1.807, 2.05) is 48.5 Å². The molecule has 2 amide bonds. The van der Waals surface area contributed by atoms with Crippen LogP contribution in [0, 0.1) is 0 Å². The third kappa shape index (κ3) is 5.71. The van der Waals surface area contributed by atoms with Crippen LogP contribution >= 0.6 is 15.9 Å². The summed E-state index contributed by atoms with van der Waals surface area (Å²) < 4.78 is 6.34. The van der Waals surface area contributed by atoms with Gasteiger partial charge in [-0.1, -0.05) is 76.6 Å². The van der Waals surface area contributed by atoms with Crippen molar-refractivity contribution in [2.45, 2.75) is 31.3 Å². The van der Waals surface area contributed by atoms with Crippen molar-refractivity contribution in [2.24, 2.45) is 0 Å². The van der Waals surface area contributed by atoms with E-state index >= 15 is 0 Å². The smallest absolute Gasteiger partial charge is 0.407 e. The average molecular weight is 537 g/mol. The van der Waals surface area contributed by atoms with Crippen molar-refractivity contribution >= 4 is 33.9 Å². The fraction of sp³-hybridized carbons (Fsp3) is 0.222. The molecule has 0 spiro atoms. The quantitative estimate of drug-likeness (QED) is 0.393. The lowest BCUT2D eigenvalue weighted by atomic mass is 9.98. The van der Waals surface area contributed by atoms with Crippen LogP contribution < -0.4 is 10.6 Å². The summed E-state index contributed by atoms with van der Waals surface area (Å²) >= 11 is 3.33. The van der Waals surface area contributed by atoms with Crippen molar-refractivity contribution < 1.29 is 24.2 Å². The van der Waals surface area contributed by atoms with E-state index in [0.717, 1.165) is 32.3 Å². The molecular weight excluding hydrogens is 512 g/mol. The molecule has 0 bridgehead atoms. The van der Waals surface area contributed by atoms with Crippen molar-refractivity contribution in [1.29, 1.82) is 0 Å². The molecule has 2 atom stereocenters. The normalized spacial score (nSPS) is 13.8. The highest BCUT2D eigenvalue weighted by molar-refractivity contribution is 9.10. The van der Waals surface area contributed by atoms with Crippen LogP contribution in [0.1, 0.15) is 29.5 Å². The van der Waals surface area contributed by atoms with Crippen LogP contribution in [-0.4, -0.2) is 41.8 Å². The summed E-state index contributed by atoms with van der Waals surface area (Å²) in [4.78, 5) is 36.7. The summed E-state index contributed by atoms with van der Waals surface area (Å²) in [5, 5.41) is 14.5. The molecule has 4 rings (SSSR count). The first-order valence-corrected chi connectivity index (χ1v) is 12.0. The van der Waals surface area contributed by atoms with Crippen LogP contribution in [0.15, 0.2) is 77.3 Å². The zero-order chi connectivity index (χ0) is 24.9. The van der Waals surface area contributed by atoms with E-state index in [-0.39, 0.29) is 18.9 Å². The Hall–Kier alpha value is -3.65. The van der Waals surface area contributed by atoms with Gasteiger partial charge in [-0.3, -0.25) is 4.79 Å². The number of benzene rings is 3. The fourth-order valence-corrected chi connectivity index (χ4v) is 4.50. The van der Waals surface area contributed by atoms with E-state index in [1.165, 1.54) is 6.92 Å². The summed E-state index contributed by atoms with van der Waals surface area (Å²) in [6, 6.07) is 21.1. The lowest BCUT2D eigenvalue weighted by Crippen LogP contribution is -2.51. The number of carboxylic acid groups (broad SMARTS) is 1. The lowest BCUT2D eigenvalue weighted by molar-refractivity contribution is -0.142. The highest BCUT2D eigenvalue weighted by Gasteiger charge is 2.30. The maximum Gasteiger partial charge on any atom is 0.407 e. The van der Waals surface area contributed by atoms with Crippen molar-refractivity contribution in [3.8, 4) is 11.1 Å². The molecule has 35 heavy (non-hydrogen) atoms. The topological polar surface area (TPSA) is 105 Å². The Kier molecular flexibility index (Phi) is 7.51. The van der Waals surface area contributed by atoms with Crippen LogP contribution in [0.5, 0.6) is 0 Å². The van der Waals surface area contributed by atoms with Crippen LogP contribution in [0.4, 0.5) is 4.79 Å². The molecule has 0 unspecified atom stereocenters. The molecule has 8 heteroatoms. The Morgan fingerprint density at radius 1 is 0.914 bits per heavy atom. The number of amides is 2. The first-order valence-electron chi connectivity index (χ1n) is 11.2. The number of hydrogen-bond acceptors (Lipinski definition) is 4. The largest absolute Gasteiger partial charge is 0.480 e. The van der Waals surface area contributed by atoms with E-state index in [4.69, 9.17) is 4.74 Å². The number of alkyl carbamates (subject to hydrolysis) is 1. The van der Waals surface area contributed by atoms with Crippen LogP contribution in [0.2, 0.25) is 0 Å². The molecule has 0 saturated heterocycles. The number of halogens is 1. The van der Waals surface area contributed by atoms with E-state index in [2.05, 4.69) is 26.6 Å². The molecule has 0 saturated carbocycles. The van der Waals surface area contributed by atoms with E-state index < -0.39 is 30.1 Å². The number of carbonyl (C=O) groups excluding carboxylic acids is 2. The molecule has 0 radical (unpaired) electrons. The van der Waals surface area contributed by atoms with Gasteiger partial charge in [-0.15, -0.1) is 0 Å². The summed E-state index contributed by atoms with van der Waals surface area (Å²) in [6.07, 6.45) is -0.624. The Morgan fingerprint density at radius 3 is 2.06 bits per heavy atom. The number of aliphatic carboxylic acids is 1. The number of carbonyl (C=O) groups is 3. The molecule has 7 nitrogen and oxygen atoms in total. The van der Waals surface area contributed by atoms with E-state index in [9.17, 15) is 19.5 Å². The first-order chi connectivity index (χ1) is 16.8.